The molecule has 0 aromatic carbocycles. The van der Waals surface area contributed by atoms with Crippen molar-refractivity contribution in [2.45, 2.75) is 239 Å². The molecule has 0 aromatic rings. The number of carbonyl (C=O) groups excluding carboxylic acids is 5. The first-order chi connectivity index (χ1) is 35.9. The monoisotopic (exact) mass is 1070 g/mol. The van der Waals surface area contributed by atoms with Crippen LogP contribution in [-0.2, 0) is 47.7 Å². The van der Waals surface area contributed by atoms with Crippen LogP contribution in [0, 0.1) is 89.3 Å². The van der Waals surface area contributed by atoms with Crippen LogP contribution < -0.4 is 0 Å². The lowest BCUT2D eigenvalue weighted by Crippen LogP contribution is -2.60. The Balaban J connectivity index is 0.000000262. The van der Waals surface area contributed by atoms with Gasteiger partial charge in [-0.05, 0) is 203 Å². The highest BCUT2D eigenvalue weighted by Gasteiger charge is 2.59. The second-order valence-corrected chi connectivity index (χ2v) is 25.7. The van der Waals surface area contributed by atoms with Gasteiger partial charge in [0.25, 0.3) is 0 Å². The van der Waals surface area contributed by atoms with Crippen molar-refractivity contribution < 1.29 is 52.8 Å². The topological polar surface area (TPSA) is 152 Å². The van der Waals surface area contributed by atoms with Crippen LogP contribution in [0.25, 0.3) is 0 Å². The smallest absolute Gasteiger partial charge is 0.334 e. The first-order valence-corrected chi connectivity index (χ1v) is 28.1. The summed E-state index contributed by atoms with van der Waals surface area (Å²) in [4.78, 5) is 56.8. The van der Waals surface area contributed by atoms with Crippen LogP contribution >= 0.6 is 0 Å². The number of terminal acetylenes is 2. The van der Waals surface area contributed by atoms with Gasteiger partial charge in [0, 0.05) is 45.6 Å². The second-order valence-electron chi connectivity index (χ2n) is 25.7. The summed E-state index contributed by atoms with van der Waals surface area (Å²) in [6, 6.07) is 0. The quantitative estimate of drug-likeness (QED) is 0.0911. The van der Waals surface area contributed by atoms with Gasteiger partial charge in [0.2, 0.25) is 0 Å². The lowest BCUT2D eigenvalue weighted by Gasteiger charge is -2.59. The van der Waals surface area contributed by atoms with E-state index in [9.17, 15) is 29.1 Å². The Kier molecular flexibility index (Phi) is 23.4. The third-order valence-electron chi connectivity index (χ3n) is 15.6. The predicted octanol–water partition coefficient (Wildman–Crippen LogP) is 13.2. The van der Waals surface area contributed by atoms with E-state index in [0.717, 1.165) is 43.4 Å². The van der Waals surface area contributed by atoms with Gasteiger partial charge in [0.15, 0.2) is 22.4 Å². The summed E-state index contributed by atoms with van der Waals surface area (Å²) < 4.78 is 26.3. The van der Waals surface area contributed by atoms with Gasteiger partial charge in [-0.3, -0.25) is 0 Å². The van der Waals surface area contributed by atoms with Crippen LogP contribution in [0.4, 0.5) is 0 Å². The van der Waals surface area contributed by atoms with Gasteiger partial charge in [-0.15, -0.1) is 12.8 Å². The predicted molar refractivity (Wildman–Crippen MR) is 308 cm³/mol. The molecule has 0 spiro atoms. The summed E-state index contributed by atoms with van der Waals surface area (Å²) in [5.41, 5.74) is -1.81. The van der Waals surface area contributed by atoms with Crippen molar-refractivity contribution in [3.8, 4) is 48.4 Å². The maximum atomic E-state index is 11.7. The SMILES string of the molecule is C#CC(C)(C)OC(=O)C(=C)C.C#CC(C)(CC)OC(=O)C(=C)C.C=C(C)C(=O)OC(C)(C)C#CC12CC3CC(CC(C3)C1)C2.C=C(C)C(=O)OC(C)(C)C#CC1CCCCC1.C=C(C)C(=O)OC12CC3CC(CC(O)(C3)C1)C2. The molecule has 9 aliphatic carbocycles. The first kappa shape index (κ1) is 66.5. The summed E-state index contributed by atoms with van der Waals surface area (Å²) in [5, 5.41) is 10.5. The molecule has 9 aliphatic rings. The molecule has 0 saturated heterocycles. The van der Waals surface area contributed by atoms with Crippen molar-refractivity contribution in [2.75, 3.05) is 0 Å². The molecule has 0 heterocycles. The van der Waals surface area contributed by atoms with E-state index in [0.29, 0.717) is 58.5 Å². The molecule has 11 heteroatoms. The van der Waals surface area contributed by atoms with Gasteiger partial charge >= 0.3 is 29.8 Å². The molecule has 0 radical (unpaired) electrons. The highest BCUT2D eigenvalue weighted by Crippen LogP contribution is 2.60. The van der Waals surface area contributed by atoms with E-state index < -0.39 is 45.5 Å². The third kappa shape index (κ3) is 21.1. The van der Waals surface area contributed by atoms with Crippen LogP contribution in [-0.4, -0.2) is 68.6 Å². The number of aliphatic hydroxyl groups is 1. The number of hydrogen-bond donors (Lipinski definition) is 1. The van der Waals surface area contributed by atoms with Gasteiger partial charge < -0.3 is 28.8 Å². The molecule has 9 rings (SSSR count). The maximum Gasteiger partial charge on any atom is 0.334 e. The number of rotatable bonds is 11. The fraction of sp³-hybridized carbons (Fsp3) is 0.657. The number of ether oxygens (including phenoxy) is 5. The summed E-state index contributed by atoms with van der Waals surface area (Å²) in [6.07, 6.45) is 30.7. The average Bonchev–Trinajstić information content (AvgIpc) is 3.32. The fourth-order valence-corrected chi connectivity index (χ4v) is 12.1. The molecular weight excluding hydrogens is 981 g/mol. The molecule has 0 aromatic heterocycles. The lowest BCUT2D eigenvalue weighted by molar-refractivity contribution is -0.217. The molecule has 78 heavy (non-hydrogen) atoms. The minimum Gasteiger partial charge on any atom is -0.456 e. The zero-order valence-electron chi connectivity index (χ0n) is 49.9. The Morgan fingerprint density at radius 3 is 1.28 bits per heavy atom. The van der Waals surface area contributed by atoms with E-state index in [1.54, 1.807) is 55.4 Å². The molecule has 3 atom stereocenters. The van der Waals surface area contributed by atoms with Gasteiger partial charge in [0.1, 0.15) is 5.60 Å². The van der Waals surface area contributed by atoms with E-state index in [1.807, 2.05) is 34.6 Å². The Morgan fingerprint density at radius 2 is 0.910 bits per heavy atom. The van der Waals surface area contributed by atoms with Crippen molar-refractivity contribution in [3.05, 3.63) is 60.8 Å². The Labute approximate surface area is 470 Å². The minimum absolute atomic E-state index is 0.210. The molecule has 9 saturated carbocycles. The normalized spacial score (nSPS) is 27.4. The van der Waals surface area contributed by atoms with Crippen molar-refractivity contribution >= 4 is 29.8 Å². The summed E-state index contributed by atoms with van der Waals surface area (Å²) in [5.74, 6) is 20.3. The molecular formula is C67H94O11. The highest BCUT2D eigenvalue weighted by molar-refractivity contribution is 5.89. The Bertz CT molecular complexity index is 2460. The molecule has 0 aliphatic heterocycles. The van der Waals surface area contributed by atoms with Crippen LogP contribution in [0.15, 0.2) is 60.8 Å². The van der Waals surface area contributed by atoms with E-state index in [4.69, 9.17) is 36.5 Å². The van der Waals surface area contributed by atoms with Gasteiger partial charge in [-0.1, -0.05) is 94.6 Å². The van der Waals surface area contributed by atoms with Crippen molar-refractivity contribution in [1.29, 1.82) is 0 Å². The summed E-state index contributed by atoms with van der Waals surface area (Å²) in [7, 11) is 0. The molecule has 3 unspecified atom stereocenters. The lowest BCUT2D eigenvalue weighted by atomic mass is 9.50. The summed E-state index contributed by atoms with van der Waals surface area (Å²) >= 11 is 0. The van der Waals surface area contributed by atoms with Gasteiger partial charge in [-0.2, -0.15) is 0 Å². The van der Waals surface area contributed by atoms with Crippen molar-refractivity contribution in [2.24, 2.45) is 40.9 Å². The van der Waals surface area contributed by atoms with Crippen LogP contribution in [0.5, 0.6) is 0 Å². The van der Waals surface area contributed by atoms with Crippen LogP contribution in [0.2, 0.25) is 0 Å². The number of carbonyl (C=O) groups is 5. The van der Waals surface area contributed by atoms with Crippen LogP contribution in [0.3, 0.4) is 0 Å². The van der Waals surface area contributed by atoms with Crippen molar-refractivity contribution in [1.82, 2.24) is 0 Å². The number of esters is 5. The molecule has 1 N–H and O–H groups in total. The zero-order chi connectivity index (χ0) is 59.2. The fourth-order valence-electron chi connectivity index (χ4n) is 12.1. The Morgan fingerprint density at radius 1 is 0.526 bits per heavy atom. The van der Waals surface area contributed by atoms with E-state index in [2.05, 4.69) is 68.4 Å². The third-order valence-corrected chi connectivity index (χ3v) is 15.6. The van der Waals surface area contributed by atoms with Gasteiger partial charge in [0.05, 0.1) is 5.60 Å². The standard InChI is InChI=1S/C19H26O2.C15H22O2.C14H20O3.C10H14O2.C9H12O2/c1-13(2)17(20)21-18(3,4)5-6-19-10-14-7-15(11-19)9-16(8-14)12-19;1-12(2)14(16)17-15(3,4)11-10-13-8-6-5-7-9-13;1-9(2)12(15)17-14-6-10-3-11(7-14)5-13(16,4-10)8-14;1-6-10(5,7-2)12-9(11)8(3)4;1-6-9(4,5)11-8(10)7(2)3/h14-16H,1,7-12H2,2-4H3;13H,1,5-9H2,2-4H3;10-11,16H,1,3-8H2,2H3;1H,3,7H2,2,4-5H3;1H,2H2,3-5H3. The molecule has 428 valence electrons. The molecule has 11 nitrogen and oxygen atoms in total. The highest BCUT2D eigenvalue weighted by atomic mass is 16.6. The molecule has 0 amide bonds. The number of hydrogen-bond acceptors (Lipinski definition) is 11. The first-order valence-electron chi connectivity index (χ1n) is 28.1. The largest absolute Gasteiger partial charge is 0.456 e. The van der Waals surface area contributed by atoms with Crippen LogP contribution in [0.1, 0.15) is 206 Å². The second kappa shape index (κ2) is 27.4. The maximum absolute atomic E-state index is 11.7. The van der Waals surface area contributed by atoms with E-state index in [1.165, 1.54) is 77.0 Å². The minimum atomic E-state index is -0.837. The van der Waals surface area contributed by atoms with E-state index >= 15 is 0 Å². The van der Waals surface area contributed by atoms with Crippen molar-refractivity contribution in [3.63, 3.8) is 0 Å². The molecule has 8 bridgehead atoms. The average molecular weight is 1080 g/mol. The Hall–Kier alpha value is -5.75. The van der Waals surface area contributed by atoms with E-state index in [-0.39, 0.29) is 23.3 Å². The zero-order valence-corrected chi connectivity index (χ0v) is 49.9. The van der Waals surface area contributed by atoms with Gasteiger partial charge in [-0.25, -0.2) is 24.0 Å². The molecule has 9 fully saturated rings. The summed E-state index contributed by atoms with van der Waals surface area (Å²) in [6.45, 7) is 40.2.